The molecule has 0 aliphatic carbocycles. The predicted octanol–water partition coefficient (Wildman–Crippen LogP) is 4.03. The van der Waals surface area contributed by atoms with Crippen molar-refractivity contribution < 1.29 is 29.9 Å². The molecule has 4 N–H and O–H groups in total. The second-order valence-electron chi connectivity index (χ2n) is 8.91. The van der Waals surface area contributed by atoms with Crippen molar-refractivity contribution in [2.75, 3.05) is 0 Å². The zero-order chi connectivity index (χ0) is 19.8. The van der Waals surface area contributed by atoms with Gasteiger partial charge in [0.1, 0.15) is 11.5 Å². The third-order valence-electron chi connectivity index (χ3n) is 5.63. The Hall–Kier alpha value is -2.76. The topological polar surface area (TPSA) is 99.4 Å². The summed E-state index contributed by atoms with van der Waals surface area (Å²) in [7, 11) is 0. The fraction of sp³-hybridized carbons (Fsp3) is 0.429. The van der Waals surface area contributed by atoms with Crippen LogP contribution in [0.25, 0.3) is 0 Å². The number of phenols is 4. The highest BCUT2D eigenvalue weighted by atomic mass is 16.7. The SMILES string of the molecule is CC1(C)CC2(CC(C)(C)c3cc(O)c(O)cc3O2)Oc2cc(O)c(O)cc21. The second kappa shape index (κ2) is 5.15. The Bertz CT molecular complexity index is 867. The maximum Gasteiger partial charge on any atom is 0.252 e. The van der Waals surface area contributed by atoms with Crippen molar-refractivity contribution in [2.45, 2.75) is 57.2 Å². The van der Waals surface area contributed by atoms with Crippen molar-refractivity contribution in [3.05, 3.63) is 35.4 Å². The zero-order valence-corrected chi connectivity index (χ0v) is 15.8. The van der Waals surface area contributed by atoms with Gasteiger partial charge in [0.15, 0.2) is 23.0 Å². The van der Waals surface area contributed by atoms with E-state index in [2.05, 4.69) is 0 Å². The maximum absolute atomic E-state index is 9.93. The first-order valence-corrected chi connectivity index (χ1v) is 8.93. The lowest BCUT2D eigenvalue weighted by molar-refractivity contribution is -0.166. The van der Waals surface area contributed by atoms with Crippen LogP contribution in [0.2, 0.25) is 0 Å². The van der Waals surface area contributed by atoms with E-state index >= 15 is 0 Å². The summed E-state index contributed by atoms with van der Waals surface area (Å²) in [5, 5.41) is 39.6. The summed E-state index contributed by atoms with van der Waals surface area (Å²) in [6.07, 6.45) is 1.03. The van der Waals surface area contributed by atoms with Gasteiger partial charge in [0.05, 0.1) is 0 Å². The van der Waals surface area contributed by atoms with Crippen LogP contribution in [-0.4, -0.2) is 26.2 Å². The summed E-state index contributed by atoms with van der Waals surface area (Å²) in [4.78, 5) is 0. The molecule has 6 nitrogen and oxygen atoms in total. The molecular weight excluding hydrogens is 348 g/mol. The molecule has 0 radical (unpaired) electrons. The van der Waals surface area contributed by atoms with E-state index in [1.165, 1.54) is 24.3 Å². The van der Waals surface area contributed by atoms with Crippen LogP contribution in [0.3, 0.4) is 0 Å². The number of phenolic OH excluding ortho intramolecular Hbond substituents is 4. The van der Waals surface area contributed by atoms with Gasteiger partial charge in [-0.25, -0.2) is 0 Å². The molecule has 0 amide bonds. The van der Waals surface area contributed by atoms with Gasteiger partial charge < -0.3 is 29.9 Å². The molecule has 0 saturated heterocycles. The van der Waals surface area contributed by atoms with E-state index in [9.17, 15) is 20.4 Å². The molecule has 0 saturated carbocycles. The maximum atomic E-state index is 9.93. The van der Waals surface area contributed by atoms with Gasteiger partial charge >= 0.3 is 0 Å². The van der Waals surface area contributed by atoms with Crippen LogP contribution < -0.4 is 9.47 Å². The minimum absolute atomic E-state index is 0.183. The molecule has 2 aliphatic rings. The zero-order valence-electron chi connectivity index (χ0n) is 15.8. The third-order valence-corrected chi connectivity index (χ3v) is 5.63. The van der Waals surface area contributed by atoms with Gasteiger partial charge in [0.2, 0.25) is 0 Å². The lowest BCUT2D eigenvalue weighted by Crippen LogP contribution is -2.55. The summed E-state index contributed by atoms with van der Waals surface area (Å²) in [6, 6.07) is 5.88. The van der Waals surface area contributed by atoms with Crippen molar-refractivity contribution in [3.8, 4) is 34.5 Å². The van der Waals surface area contributed by atoms with Gasteiger partial charge in [-0.1, -0.05) is 27.7 Å². The van der Waals surface area contributed by atoms with E-state index in [1.54, 1.807) is 0 Å². The average Bonchev–Trinajstić information content (AvgIpc) is 2.50. The lowest BCUT2D eigenvalue weighted by atomic mass is 9.69. The van der Waals surface area contributed by atoms with E-state index in [4.69, 9.17) is 9.47 Å². The molecule has 1 spiro atoms. The highest BCUT2D eigenvalue weighted by molar-refractivity contribution is 5.55. The molecule has 0 fully saturated rings. The Morgan fingerprint density at radius 1 is 0.630 bits per heavy atom. The Labute approximate surface area is 157 Å². The normalized spacial score (nSPS) is 20.9. The van der Waals surface area contributed by atoms with Crippen molar-refractivity contribution in [1.29, 1.82) is 0 Å². The summed E-state index contributed by atoms with van der Waals surface area (Å²) >= 11 is 0. The van der Waals surface area contributed by atoms with Gasteiger partial charge in [-0.2, -0.15) is 0 Å². The van der Waals surface area contributed by atoms with E-state index in [1.807, 2.05) is 27.7 Å². The largest absolute Gasteiger partial charge is 0.504 e. The first kappa shape index (κ1) is 17.6. The van der Waals surface area contributed by atoms with Crippen LogP contribution in [-0.2, 0) is 10.8 Å². The fourth-order valence-electron chi connectivity index (χ4n) is 4.51. The summed E-state index contributed by atoms with van der Waals surface area (Å²) in [6.45, 7) is 8.14. The monoisotopic (exact) mass is 372 g/mol. The van der Waals surface area contributed by atoms with Gasteiger partial charge in [0, 0.05) is 46.9 Å². The van der Waals surface area contributed by atoms with Gasteiger partial charge in [-0.15, -0.1) is 0 Å². The summed E-state index contributed by atoms with van der Waals surface area (Å²) in [5.74, 6) is -0.944. The van der Waals surface area contributed by atoms with Crippen molar-refractivity contribution >= 4 is 0 Å². The van der Waals surface area contributed by atoms with Gasteiger partial charge in [0.25, 0.3) is 5.79 Å². The van der Waals surface area contributed by atoms with Crippen molar-refractivity contribution in [2.24, 2.45) is 0 Å². The number of ether oxygens (including phenoxy) is 2. The van der Waals surface area contributed by atoms with Gasteiger partial charge in [-0.3, -0.25) is 0 Å². The second-order valence-corrected chi connectivity index (χ2v) is 8.91. The highest BCUT2D eigenvalue weighted by Gasteiger charge is 2.53. The number of benzene rings is 2. The molecule has 2 aliphatic heterocycles. The lowest BCUT2D eigenvalue weighted by Gasteiger charge is -2.51. The van der Waals surface area contributed by atoms with E-state index in [0.717, 1.165) is 11.1 Å². The quantitative estimate of drug-likeness (QED) is 0.521. The fourth-order valence-corrected chi connectivity index (χ4v) is 4.51. The molecule has 0 unspecified atom stereocenters. The minimum atomic E-state index is -1.00. The molecule has 0 atom stereocenters. The molecule has 0 aromatic heterocycles. The van der Waals surface area contributed by atoms with Crippen LogP contribution in [0.4, 0.5) is 0 Å². The van der Waals surface area contributed by atoms with Gasteiger partial charge in [-0.05, 0) is 12.1 Å². The third kappa shape index (κ3) is 2.62. The Morgan fingerprint density at radius 2 is 0.963 bits per heavy atom. The number of aromatic hydroxyl groups is 4. The van der Waals surface area contributed by atoms with Crippen molar-refractivity contribution in [3.63, 3.8) is 0 Å². The Balaban J connectivity index is 1.85. The summed E-state index contributed by atoms with van der Waals surface area (Å²) in [5.41, 5.74) is 0.824. The molecular formula is C21H24O6. The molecule has 6 heteroatoms. The van der Waals surface area contributed by atoms with E-state index in [-0.39, 0.29) is 33.8 Å². The smallest absolute Gasteiger partial charge is 0.252 e. The minimum Gasteiger partial charge on any atom is -0.504 e. The average molecular weight is 372 g/mol. The number of fused-ring (bicyclic) bond motifs is 2. The van der Waals surface area contributed by atoms with Crippen molar-refractivity contribution in [1.82, 2.24) is 0 Å². The summed E-state index contributed by atoms with van der Waals surface area (Å²) < 4.78 is 12.5. The molecule has 0 bridgehead atoms. The van der Waals surface area contributed by atoms with E-state index < -0.39 is 5.79 Å². The molecule has 27 heavy (non-hydrogen) atoms. The molecule has 4 rings (SSSR count). The number of hydrogen-bond donors (Lipinski definition) is 4. The van der Waals surface area contributed by atoms with Crippen LogP contribution in [0.15, 0.2) is 24.3 Å². The highest BCUT2D eigenvalue weighted by Crippen LogP contribution is 2.55. The standard InChI is InChI=1S/C21H24O6/c1-19(2)9-21(26-17-7-15(24)13(22)5-11(17)19)10-20(3,4)12-6-14(23)16(25)8-18(12)27-21/h5-8,22-25H,9-10H2,1-4H3. The number of rotatable bonds is 0. The first-order chi connectivity index (χ1) is 12.4. The molecule has 144 valence electrons. The van der Waals surface area contributed by atoms with Crippen LogP contribution in [0, 0.1) is 0 Å². The molecule has 2 heterocycles. The Morgan fingerprint density at radius 3 is 1.33 bits per heavy atom. The Kier molecular flexibility index (Phi) is 3.37. The first-order valence-electron chi connectivity index (χ1n) is 8.93. The number of hydrogen-bond acceptors (Lipinski definition) is 6. The van der Waals surface area contributed by atoms with Crippen LogP contribution in [0.5, 0.6) is 34.5 Å². The van der Waals surface area contributed by atoms with Crippen LogP contribution in [0.1, 0.15) is 51.7 Å². The van der Waals surface area contributed by atoms with E-state index in [0.29, 0.717) is 24.3 Å². The molecule has 2 aromatic rings. The molecule has 2 aromatic carbocycles. The van der Waals surface area contributed by atoms with Crippen LogP contribution >= 0.6 is 0 Å². The predicted molar refractivity (Wildman–Crippen MR) is 98.8 cm³/mol.